The molecule has 0 saturated carbocycles. The second-order valence-electron chi connectivity index (χ2n) is 11.1. The topological polar surface area (TPSA) is 140 Å². The summed E-state index contributed by atoms with van der Waals surface area (Å²) < 4.78 is 21.7. The number of fused-ring (bicyclic) bond motifs is 5. The van der Waals surface area contributed by atoms with Gasteiger partial charge in [-0.05, 0) is 55.4 Å². The molecule has 1 aromatic carbocycles. The number of amides is 2. The molecule has 3 aliphatic heterocycles. The Morgan fingerprint density at radius 1 is 1.23 bits per heavy atom. The van der Waals surface area contributed by atoms with Crippen molar-refractivity contribution in [3.63, 3.8) is 0 Å². The summed E-state index contributed by atoms with van der Waals surface area (Å²) in [5.74, 6) is -1.65. The third kappa shape index (κ3) is 3.27. The highest BCUT2D eigenvalue weighted by molar-refractivity contribution is 5.95. The molecule has 7 rings (SSSR count). The molecular formula is C29H27FN4O6. The van der Waals surface area contributed by atoms with Gasteiger partial charge in [0.1, 0.15) is 18.5 Å². The number of cyclic esters (lactones) is 1. The fourth-order valence-corrected chi connectivity index (χ4v) is 6.78. The summed E-state index contributed by atoms with van der Waals surface area (Å²) in [6.45, 7) is 3.28. The van der Waals surface area contributed by atoms with Gasteiger partial charge < -0.3 is 25.0 Å². The van der Waals surface area contributed by atoms with Crippen LogP contribution in [0, 0.1) is 12.7 Å². The Balaban J connectivity index is 1.44. The van der Waals surface area contributed by atoms with Gasteiger partial charge >= 0.3 is 5.97 Å². The van der Waals surface area contributed by atoms with Crippen molar-refractivity contribution in [3.05, 3.63) is 61.7 Å². The molecule has 1 aliphatic carbocycles. The van der Waals surface area contributed by atoms with Crippen molar-refractivity contribution in [1.82, 2.24) is 20.2 Å². The van der Waals surface area contributed by atoms with Crippen molar-refractivity contribution in [1.29, 1.82) is 0 Å². The maximum atomic E-state index is 15.0. The number of rotatable bonds is 3. The third-order valence-electron chi connectivity index (χ3n) is 9.01. The molecule has 40 heavy (non-hydrogen) atoms. The summed E-state index contributed by atoms with van der Waals surface area (Å²) in [4.78, 5) is 55.9. The molecule has 4 aliphatic rings. The van der Waals surface area contributed by atoms with Crippen LogP contribution in [0.5, 0.6) is 0 Å². The normalized spacial score (nSPS) is 24.3. The van der Waals surface area contributed by atoms with E-state index in [-0.39, 0.29) is 54.8 Å². The molecule has 1 saturated heterocycles. The molecule has 1 fully saturated rings. The fraction of sp³-hybridized carbons (Fsp3) is 0.414. The number of aryl methyl sites for hydroxylation is 1. The maximum absolute atomic E-state index is 15.0. The van der Waals surface area contributed by atoms with E-state index in [1.165, 1.54) is 10.6 Å². The number of esters is 1. The minimum atomic E-state index is -1.96. The molecule has 0 spiro atoms. The summed E-state index contributed by atoms with van der Waals surface area (Å²) in [7, 11) is 0. The molecule has 11 heteroatoms. The molecule has 0 radical (unpaired) electrons. The summed E-state index contributed by atoms with van der Waals surface area (Å²) in [6, 6.07) is 1.93. The Hall–Kier alpha value is -4.12. The molecule has 10 nitrogen and oxygen atoms in total. The van der Waals surface area contributed by atoms with Crippen LogP contribution in [-0.2, 0) is 44.3 Å². The second-order valence-corrected chi connectivity index (χ2v) is 11.1. The Morgan fingerprint density at radius 2 is 2.02 bits per heavy atom. The van der Waals surface area contributed by atoms with Gasteiger partial charge in [0.05, 0.1) is 35.1 Å². The first-order valence-electron chi connectivity index (χ1n) is 13.5. The number of aromatic nitrogens is 2. The van der Waals surface area contributed by atoms with E-state index in [1.807, 2.05) is 0 Å². The third-order valence-corrected chi connectivity index (χ3v) is 9.01. The van der Waals surface area contributed by atoms with Crippen LogP contribution in [0.25, 0.3) is 22.3 Å². The number of hydrogen-bond donors (Lipinski definition) is 3. The van der Waals surface area contributed by atoms with E-state index in [1.54, 1.807) is 19.9 Å². The second kappa shape index (κ2) is 8.44. The number of carbonyl (C=O) groups excluding carboxylic acids is 3. The molecule has 0 unspecified atom stereocenters. The molecule has 5 heterocycles. The van der Waals surface area contributed by atoms with Crippen LogP contribution in [-0.4, -0.2) is 38.5 Å². The SMILES string of the molecule is CC[C@@]1(O)C(=O)OCc2c1cc1n(c2=O)Cc2c-1nc1cc(F)c(C)c3c1c2[C@@H](NC(=O)[C@@H]1CCC(=O)N1)CC3. The molecule has 2 amide bonds. The Morgan fingerprint density at radius 3 is 2.75 bits per heavy atom. The zero-order chi connectivity index (χ0) is 28.1. The molecule has 0 bridgehead atoms. The number of pyridine rings is 2. The average Bonchev–Trinajstić information content (AvgIpc) is 3.54. The lowest BCUT2D eigenvalue weighted by molar-refractivity contribution is -0.172. The molecule has 3 atom stereocenters. The van der Waals surface area contributed by atoms with Gasteiger partial charge in [-0.2, -0.15) is 0 Å². The summed E-state index contributed by atoms with van der Waals surface area (Å²) in [6.07, 6.45) is 1.76. The minimum absolute atomic E-state index is 0.0185. The number of hydrogen-bond acceptors (Lipinski definition) is 7. The number of halogens is 1. The largest absolute Gasteiger partial charge is 0.458 e. The van der Waals surface area contributed by atoms with Crippen molar-refractivity contribution in [2.24, 2.45) is 0 Å². The van der Waals surface area contributed by atoms with Gasteiger partial charge in [-0.15, -0.1) is 0 Å². The van der Waals surface area contributed by atoms with Crippen LogP contribution in [0.15, 0.2) is 16.9 Å². The Kier molecular flexibility index (Phi) is 5.25. The lowest BCUT2D eigenvalue weighted by Crippen LogP contribution is -2.44. The van der Waals surface area contributed by atoms with E-state index in [2.05, 4.69) is 10.6 Å². The Labute approximate surface area is 227 Å². The van der Waals surface area contributed by atoms with Crippen LogP contribution in [0.4, 0.5) is 4.39 Å². The van der Waals surface area contributed by atoms with E-state index >= 15 is 4.39 Å². The van der Waals surface area contributed by atoms with Crippen molar-refractivity contribution in [2.75, 3.05) is 0 Å². The molecule has 206 valence electrons. The average molecular weight is 547 g/mol. The van der Waals surface area contributed by atoms with Crippen LogP contribution < -0.4 is 16.2 Å². The number of benzene rings is 1. The van der Waals surface area contributed by atoms with Gasteiger partial charge in [-0.25, -0.2) is 14.2 Å². The Bertz CT molecular complexity index is 1760. The number of nitrogens with one attached hydrogen (secondary N) is 2. The van der Waals surface area contributed by atoms with Crippen molar-refractivity contribution < 1.29 is 28.6 Å². The van der Waals surface area contributed by atoms with Gasteiger partial charge in [0.15, 0.2) is 5.60 Å². The van der Waals surface area contributed by atoms with Crippen molar-refractivity contribution in [3.8, 4) is 11.4 Å². The number of aliphatic hydroxyl groups is 1. The first-order chi connectivity index (χ1) is 19.1. The van der Waals surface area contributed by atoms with Crippen LogP contribution in [0.2, 0.25) is 0 Å². The van der Waals surface area contributed by atoms with E-state index < -0.39 is 29.2 Å². The smallest absolute Gasteiger partial charge is 0.343 e. The highest BCUT2D eigenvalue weighted by Gasteiger charge is 2.46. The quantitative estimate of drug-likeness (QED) is 0.334. The van der Waals surface area contributed by atoms with E-state index in [4.69, 9.17) is 9.72 Å². The lowest BCUT2D eigenvalue weighted by Gasteiger charge is -2.31. The molecule has 3 aromatic rings. The zero-order valence-electron chi connectivity index (χ0n) is 22.0. The fourth-order valence-electron chi connectivity index (χ4n) is 6.78. The van der Waals surface area contributed by atoms with Gasteiger partial charge in [-0.3, -0.25) is 14.4 Å². The maximum Gasteiger partial charge on any atom is 0.343 e. The zero-order valence-corrected chi connectivity index (χ0v) is 22.0. The lowest BCUT2D eigenvalue weighted by atomic mass is 9.81. The van der Waals surface area contributed by atoms with Crippen molar-refractivity contribution >= 4 is 28.7 Å². The summed E-state index contributed by atoms with van der Waals surface area (Å²) >= 11 is 0. The number of ether oxygens (including phenoxy) is 1. The highest BCUT2D eigenvalue weighted by atomic mass is 19.1. The first-order valence-corrected chi connectivity index (χ1v) is 13.5. The molecular weight excluding hydrogens is 519 g/mol. The molecule has 2 aromatic heterocycles. The van der Waals surface area contributed by atoms with E-state index in [0.29, 0.717) is 41.7 Å². The summed E-state index contributed by atoms with van der Waals surface area (Å²) in [5, 5.41) is 17.8. The first kappa shape index (κ1) is 24.9. The number of carbonyl (C=O) groups is 3. The summed E-state index contributed by atoms with van der Waals surface area (Å²) in [5.41, 5.74) is 2.17. The van der Waals surface area contributed by atoms with E-state index in [9.17, 15) is 24.3 Å². The van der Waals surface area contributed by atoms with Crippen LogP contribution >= 0.6 is 0 Å². The monoisotopic (exact) mass is 546 g/mol. The predicted octanol–water partition coefficient (Wildman–Crippen LogP) is 1.91. The van der Waals surface area contributed by atoms with E-state index in [0.717, 1.165) is 22.1 Å². The van der Waals surface area contributed by atoms with Gasteiger partial charge in [-0.1, -0.05) is 6.92 Å². The van der Waals surface area contributed by atoms with Crippen molar-refractivity contribution in [2.45, 2.75) is 76.8 Å². The van der Waals surface area contributed by atoms with Gasteiger partial charge in [0.2, 0.25) is 11.8 Å². The predicted molar refractivity (Wildman–Crippen MR) is 140 cm³/mol. The minimum Gasteiger partial charge on any atom is -0.458 e. The van der Waals surface area contributed by atoms with Crippen LogP contribution in [0.3, 0.4) is 0 Å². The van der Waals surface area contributed by atoms with Gasteiger partial charge in [0, 0.05) is 29.0 Å². The van der Waals surface area contributed by atoms with Crippen LogP contribution in [0.1, 0.15) is 72.0 Å². The van der Waals surface area contributed by atoms with Gasteiger partial charge in [0.25, 0.3) is 5.56 Å². The molecule has 3 N–H and O–H groups in total. The number of nitrogens with zero attached hydrogens (tertiary/aromatic N) is 2. The standard InChI is InChI=1S/C29H27FN4O6/c1-3-29(39)16-8-21-25-14(10-34(21)27(37)15(16)11-40-28(29)38)24-18(33-26(36)19-6-7-22(35)31-19)5-4-13-12(2)17(30)9-20(32-25)23(13)24/h8-9,18-19,39H,3-7,10-11H2,1-2H3,(H,31,35)(H,33,36)/t18-,19-,29-/m0/s1. The highest BCUT2D eigenvalue weighted by Crippen LogP contribution is 2.46.